The first kappa shape index (κ1) is 23.6. The van der Waals surface area contributed by atoms with Crippen LogP contribution in [0.15, 0.2) is 36.4 Å². The predicted molar refractivity (Wildman–Crippen MR) is 117 cm³/mol. The van der Waals surface area contributed by atoms with Crippen LogP contribution in [0.5, 0.6) is 0 Å². The second-order valence-corrected chi connectivity index (χ2v) is 8.15. The molecular weight excluding hydrogens is 412 g/mol. The molecule has 1 aliphatic rings. The lowest BCUT2D eigenvalue weighted by Crippen LogP contribution is -2.31. The number of nitrogens with two attached hydrogens (primary N) is 1. The lowest BCUT2D eigenvalue weighted by atomic mass is 9.91. The molecule has 160 valence electrons. The molecule has 0 aliphatic heterocycles. The predicted octanol–water partition coefficient (Wildman–Crippen LogP) is 2.69. The number of aliphatic hydroxyl groups is 2. The number of ether oxygens (including phenoxy) is 1. The van der Waals surface area contributed by atoms with Gasteiger partial charge in [-0.3, -0.25) is 4.79 Å². The van der Waals surface area contributed by atoms with Gasteiger partial charge in [-0.05, 0) is 61.5 Å². The SMILES string of the molecule is NC(=O)CCCC=CC[C@H]1C(O)CC(O)[C@@H]1COC(=S)NCc1cccc(Cl)c1. The van der Waals surface area contributed by atoms with Gasteiger partial charge in [-0.25, -0.2) is 0 Å². The first-order chi connectivity index (χ1) is 13.9. The first-order valence-electron chi connectivity index (χ1n) is 9.81. The minimum absolute atomic E-state index is 0.104. The molecule has 1 aromatic carbocycles. The van der Waals surface area contributed by atoms with Gasteiger partial charge in [0.15, 0.2) is 0 Å². The maximum atomic E-state index is 10.7. The summed E-state index contributed by atoms with van der Waals surface area (Å²) in [4.78, 5) is 10.7. The summed E-state index contributed by atoms with van der Waals surface area (Å²) < 4.78 is 5.64. The summed E-state index contributed by atoms with van der Waals surface area (Å²) in [5.74, 6) is -0.607. The Balaban J connectivity index is 1.76. The maximum absolute atomic E-state index is 10.7. The van der Waals surface area contributed by atoms with Crippen molar-refractivity contribution in [1.82, 2.24) is 5.32 Å². The van der Waals surface area contributed by atoms with Gasteiger partial charge in [0.1, 0.15) is 0 Å². The van der Waals surface area contributed by atoms with E-state index in [1.165, 1.54) is 0 Å². The molecule has 0 spiro atoms. The van der Waals surface area contributed by atoms with E-state index in [0.29, 0.717) is 37.3 Å². The average Bonchev–Trinajstić information content (AvgIpc) is 2.93. The molecule has 5 N–H and O–H groups in total. The molecule has 1 amide bonds. The van der Waals surface area contributed by atoms with Gasteiger partial charge in [0, 0.05) is 23.9 Å². The number of allylic oxidation sites excluding steroid dienone is 2. The molecule has 4 atom stereocenters. The van der Waals surface area contributed by atoms with Crippen molar-refractivity contribution in [1.29, 1.82) is 0 Å². The molecule has 1 fully saturated rings. The number of halogens is 1. The van der Waals surface area contributed by atoms with Crippen LogP contribution in [0.3, 0.4) is 0 Å². The van der Waals surface area contributed by atoms with Crippen LogP contribution in [0.2, 0.25) is 5.02 Å². The lowest BCUT2D eigenvalue weighted by molar-refractivity contribution is -0.118. The molecule has 1 aromatic rings. The van der Waals surface area contributed by atoms with E-state index < -0.39 is 12.2 Å². The maximum Gasteiger partial charge on any atom is 0.256 e. The summed E-state index contributed by atoms with van der Waals surface area (Å²) in [6.07, 6.45) is 5.54. The van der Waals surface area contributed by atoms with E-state index in [9.17, 15) is 15.0 Å². The molecule has 0 heterocycles. The second kappa shape index (κ2) is 12.1. The molecular formula is C21H29ClN2O4S. The number of carbonyl (C=O) groups excluding carboxylic acids is 1. The fourth-order valence-corrected chi connectivity index (χ4v) is 3.90. The van der Waals surface area contributed by atoms with Crippen molar-refractivity contribution in [2.24, 2.45) is 17.6 Å². The van der Waals surface area contributed by atoms with Crippen LogP contribution in [0.1, 0.15) is 37.7 Å². The van der Waals surface area contributed by atoms with Gasteiger partial charge in [-0.2, -0.15) is 0 Å². The van der Waals surface area contributed by atoms with Gasteiger partial charge in [-0.1, -0.05) is 35.9 Å². The van der Waals surface area contributed by atoms with Crippen LogP contribution in [0.25, 0.3) is 0 Å². The zero-order chi connectivity index (χ0) is 21.2. The van der Waals surface area contributed by atoms with E-state index in [0.717, 1.165) is 12.0 Å². The number of aliphatic hydroxyl groups excluding tert-OH is 2. The van der Waals surface area contributed by atoms with Crippen molar-refractivity contribution in [2.45, 2.75) is 50.9 Å². The van der Waals surface area contributed by atoms with Crippen molar-refractivity contribution in [3.8, 4) is 0 Å². The summed E-state index contributed by atoms with van der Waals surface area (Å²) in [5, 5.41) is 24.5. The van der Waals surface area contributed by atoms with Gasteiger partial charge in [-0.15, -0.1) is 0 Å². The molecule has 2 rings (SSSR count). The highest BCUT2D eigenvalue weighted by atomic mass is 35.5. The van der Waals surface area contributed by atoms with Crippen LogP contribution >= 0.6 is 23.8 Å². The van der Waals surface area contributed by atoms with Gasteiger partial charge in [0.25, 0.3) is 5.17 Å². The highest BCUT2D eigenvalue weighted by Gasteiger charge is 2.41. The van der Waals surface area contributed by atoms with Crippen LogP contribution in [0, 0.1) is 11.8 Å². The standard InChI is InChI=1S/C21H29ClN2O4S/c22-15-7-5-6-14(10-15)12-24-21(29)28-13-17-16(18(25)11-19(17)26)8-3-1-2-4-9-20(23)27/h1,3,5-7,10,16-19,25-26H,2,4,8-9,11-13H2,(H2,23,27)(H,24,29)/t16-,17-,18?,19?/m1/s1. The molecule has 1 saturated carbocycles. The van der Waals surface area contributed by atoms with Gasteiger partial charge >= 0.3 is 0 Å². The Bertz CT molecular complexity index is 716. The monoisotopic (exact) mass is 440 g/mol. The fraction of sp³-hybridized carbons (Fsp3) is 0.524. The Hall–Kier alpha value is -1.67. The van der Waals surface area contributed by atoms with Crippen LogP contribution < -0.4 is 11.1 Å². The number of hydrogen-bond acceptors (Lipinski definition) is 5. The third-order valence-electron chi connectivity index (χ3n) is 5.12. The molecule has 1 aliphatic carbocycles. The topological polar surface area (TPSA) is 105 Å². The Morgan fingerprint density at radius 1 is 1.31 bits per heavy atom. The van der Waals surface area contributed by atoms with Crippen molar-refractivity contribution >= 4 is 34.9 Å². The minimum atomic E-state index is -0.631. The number of thiocarbonyl (C=S) groups is 1. The fourth-order valence-electron chi connectivity index (χ4n) is 3.54. The lowest BCUT2D eigenvalue weighted by Gasteiger charge is -2.23. The normalized spacial score (nSPS) is 24.0. The third kappa shape index (κ3) is 8.30. The minimum Gasteiger partial charge on any atom is -0.471 e. The van der Waals surface area contributed by atoms with E-state index in [1.54, 1.807) is 6.07 Å². The average molecular weight is 441 g/mol. The van der Waals surface area contributed by atoms with Crippen LogP contribution in [-0.2, 0) is 16.1 Å². The molecule has 0 bridgehead atoms. The van der Waals surface area contributed by atoms with Crippen molar-refractivity contribution in [3.05, 3.63) is 47.0 Å². The van der Waals surface area contributed by atoms with E-state index in [4.69, 9.17) is 34.3 Å². The number of unbranched alkanes of at least 4 members (excludes halogenated alkanes) is 1. The van der Waals surface area contributed by atoms with Gasteiger partial charge < -0.3 is 26.0 Å². The smallest absolute Gasteiger partial charge is 0.256 e. The first-order valence-corrected chi connectivity index (χ1v) is 10.6. The van der Waals surface area contributed by atoms with E-state index in [-0.39, 0.29) is 29.5 Å². The summed E-state index contributed by atoms with van der Waals surface area (Å²) in [6.45, 7) is 0.729. The Morgan fingerprint density at radius 2 is 2.07 bits per heavy atom. The van der Waals surface area contributed by atoms with E-state index in [2.05, 4.69) is 5.32 Å². The highest BCUT2D eigenvalue weighted by molar-refractivity contribution is 7.80. The van der Waals surface area contributed by atoms with Crippen LogP contribution in [-0.4, -0.2) is 40.1 Å². The molecule has 0 radical (unpaired) electrons. The van der Waals surface area contributed by atoms with E-state index >= 15 is 0 Å². The Morgan fingerprint density at radius 3 is 2.79 bits per heavy atom. The Kier molecular flexibility index (Phi) is 9.87. The number of amides is 1. The number of hydrogen-bond donors (Lipinski definition) is 4. The largest absolute Gasteiger partial charge is 0.471 e. The molecule has 8 heteroatoms. The number of primary amides is 1. The number of carbonyl (C=O) groups is 1. The quantitative estimate of drug-likeness (QED) is 0.253. The van der Waals surface area contributed by atoms with Crippen molar-refractivity contribution < 1.29 is 19.7 Å². The zero-order valence-electron chi connectivity index (χ0n) is 16.3. The Labute approximate surface area is 182 Å². The summed E-state index contributed by atoms with van der Waals surface area (Å²) in [6, 6.07) is 7.45. The van der Waals surface area contributed by atoms with Crippen molar-refractivity contribution in [2.75, 3.05) is 6.61 Å². The van der Waals surface area contributed by atoms with Gasteiger partial charge in [0.05, 0.1) is 18.8 Å². The molecule has 29 heavy (non-hydrogen) atoms. The summed E-state index contributed by atoms with van der Waals surface area (Å²) in [7, 11) is 0. The zero-order valence-corrected chi connectivity index (χ0v) is 17.9. The summed E-state index contributed by atoms with van der Waals surface area (Å²) >= 11 is 11.2. The molecule has 6 nitrogen and oxygen atoms in total. The molecule has 2 unspecified atom stereocenters. The van der Waals surface area contributed by atoms with Gasteiger partial charge in [0.2, 0.25) is 5.91 Å². The summed E-state index contributed by atoms with van der Waals surface area (Å²) in [5.41, 5.74) is 6.10. The van der Waals surface area contributed by atoms with Crippen molar-refractivity contribution in [3.63, 3.8) is 0 Å². The number of benzene rings is 1. The number of nitrogens with one attached hydrogen (secondary N) is 1. The molecule has 0 aromatic heterocycles. The van der Waals surface area contributed by atoms with E-state index in [1.807, 2.05) is 30.4 Å². The number of rotatable bonds is 10. The highest BCUT2D eigenvalue weighted by Crippen LogP contribution is 2.35. The second-order valence-electron chi connectivity index (χ2n) is 7.35. The molecule has 0 saturated heterocycles. The van der Waals surface area contributed by atoms with Crippen LogP contribution in [0.4, 0.5) is 0 Å². The third-order valence-corrected chi connectivity index (χ3v) is 5.62.